The molecule has 0 N–H and O–H groups in total. The second-order valence-corrected chi connectivity index (χ2v) is 6.04. The standard InChI is InChI=1S/C13H26N2/c1-5-6-12(4)15-9-13(10-15)7-14(8-13)11(2)3/h11-12H,5-10H2,1-4H3. The molecule has 0 aromatic heterocycles. The molecule has 88 valence electrons. The Bertz CT molecular complexity index is 211. The van der Waals surface area contributed by atoms with Crippen molar-refractivity contribution < 1.29 is 0 Å². The van der Waals surface area contributed by atoms with Gasteiger partial charge in [0.25, 0.3) is 0 Å². The van der Waals surface area contributed by atoms with Gasteiger partial charge in [0.05, 0.1) is 0 Å². The van der Waals surface area contributed by atoms with Crippen LogP contribution in [-0.2, 0) is 0 Å². The maximum atomic E-state index is 2.67. The molecule has 1 spiro atoms. The van der Waals surface area contributed by atoms with Crippen LogP contribution >= 0.6 is 0 Å². The molecule has 2 rings (SSSR count). The van der Waals surface area contributed by atoms with E-state index in [1.807, 2.05) is 0 Å². The Balaban J connectivity index is 1.71. The Morgan fingerprint density at radius 3 is 2.00 bits per heavy atom. The molecule has 2 saturated heterocycles. The van der Waals surface area contributed by atoms with Gasteiger partial charge in [0.2, 0.25) is 0 Å². The molecule has 2 heteroatoms. The molecule has 0 saturated carbocycles. The summed E-state index contributed by atoms with van der Waals surface area (Å²) in [7, 11) is 0. The maximum Gasteiger partial charge on any atom is 0.0212 e. The molecule has 0 amide bonds. The molecule has 15 heavy (non-hydrogen) atoms. The Kier molecular flexibility index (Phi) is 3.09. The van der Waals surface area contributed by atoms with Crippen LogP contribution in [0.25, 0.3) is 0 Å². The number of hydrogen-bond donors (Lipinski definition) is 0. The second-order valence-electron chi connectivity index (χ2n) is 6.04. The summed E-state index contributed by atoms with van der Waals surface area (Å²) in [6.45, 7) is 14.7. The molecule has 1 atom stereocenters. The van der Waals surface area contributed by atoms with Crippen molar-refractivity contribution in [2.75, 3.05) is 26.2 Å². The van der Waals surface area contributed by atoms with Gasteiger partial charge in [-0.05, 0) is 27.2 Å². The highest BCUT2D eigenvalue weighted by Crippen LogP contribution is 2.41. The topological polar surface area (TPSA) is 6.48 Å². The minimum atomic E-state index is 0.701. The quantitative estimate of drug-likeness (QED) is 0.702. The lowest BCUT2D eigenvalue weighted by Crippen LogP contribution is -2.74. The van der Waals surface area contributed by atoms with Crippen molar-refractivity contribution in [1.29, 1.82) is 0 Å². The average Bonchev–Trinajstić information content (AvgIpc) is 1.98. The zero-order chi connectivity index (χ0) is 11.1. The molecular formula is C13H26N2. The lowest BCUT2D eigenvalue weighted by atomic mass is 9.71. The monoisotopic (exact) mass is 210 g/mol. The van der Waals surface area contributed by atoms with E-state index in [1.165, 1.54) is 39.0 Å². The SMILES string of the molecule is CCCC(C)N1CC2(CN(C(C)C)C2)C1. The van der Waals surface area contributed by atoms with E-state index in [1.54, 1.807) is 0 Å². The smallest absolute Gasteiger partial charge is 0.0212 e. The summed E-state index contributed by atoms with van der Waals surface area (Å²) in [6, 6.07) is 1.56. The summed E-state index contributed by atoms with van der Waals surface area (Å²) in [6.07, 6.45) is 2.69. The normalized spacial score (nSPS) is 27.8. The van der Waals surface area contributed by atoms with Gasteiger partial charge < -0.3 is 0 Å². The van der Waals surface area contributed by atoms with Gasteiger partial charge in [-0.15, -0.1) is 0 Å². The van der Waals surface area contributed by atoms with E-state index < -0.39 is 0 Å². The van der Waals surface area contributed by atoms with Crippen molar-refractivity contribution in [3.8, 4) is 0 Å². The van der Waals surface area contributed by atoms with Gasteiger partial charge >= 0.3 is 0 Å². The number of nitrogens with zero attached hydrogens (tertiary/aromatic N) is 2. The first kappa shape index (κ1) is 11.4. The van der Waals surface area contributed by atoms with Crippen LogP contribution in [-0.4, -0.2) is 48.1 Å². The van der Waals surface area contributed by atoms with Gasteiger partial charge in [-0.3, -0.25) is 9.80 Å². The molecule has 1 unspecified atom stereocenters. The first-order valence-corrected chi connectivity index (χ1v) is 6.54. The van der Waals surface area contributed by atoms with Crippen LogP contribution in [0.4, 0.5) is 0 Å². The largest absolute Gasteiger partial charge is 0.300 e. The van der Waals surface area contributed by atoms with Crippen LogP contribution < -0.4 is 0 Å². The third kappa shape index (κ3) is 2.07. The minimum Gasteiger partial charge on any atom is -0.300 e. The van der Waals surface area contributed by atoms with E-state index in [-0.39, 0.29) is 0 Å². The predicted octanol–water partition coefficient (Wildman–Crippen LogP) is 2.20. The molecule has 0 aliphatic carbocycles. The van der Waals surface area contributed by atoms with Gasteiger partial charge in [-0.25, -0.2) is 0 Å². The zero-order valence-electron chi connectivity index (χ0n) is 10.8. The number of hydrogen-bond acceptors (Lipinski definition) is 2. The van der Waals surface area contributed by atoms with Crippen molar-refractivity contribution in [3.05, 3.63) is 0 Å². The molecule has 0 bridgehead atoms. The van der Waals surface area contributed by atoms with Crippen LogP contribution in [0.3, 0.4) is 0 Å². The van der Waals surface area contributed by atoms with Crippen molar-refractivity contribution in [1.82, 2.24) is 9.80 Å². The first-order chi connectivity index (χ1) is 7.06. The summed E-state index contributed by atoms with van der Waals surface area (Å²) in [5.74, 6) is 0. The first-order valence-electron chi connectivity index (χ1n) is 6.54. The summed E-state index contributed by atoms with van der Waals surface area (Å²) < 4.78 is 0. The van der Waals surface area contributed by atoms with Gasteiger partial charge in [0.1, 0.15) is 0 Å². The highest BCUT2D eigenvalue weighted by atomic mass is 15.3. The van der Waals surface area contributed by atoms with Crippen LogP contribution in [0.1, 0.15) is 40.5 Å². The van der Waals surface area contributed by atoms with Gasteiger partial charge in [0.15, 0.2) is 0 Å². The van der Waals surface area contributed by atoms with Crippen LogP contribution in [0.2, 0.25) is 0 Å². The molecule has 2 aliphatic heterocycles. The summed E-state index contributed by atoms with van der Waals surface area (Å²) in [5, 5.41) is 0. The lowest BCUT2D eigenvalue weighted by molar-refractivity contribution is -0.138. The van der Waals surface area contributed by atoms with E-state index >= 15 is 0 Å². The number of likely N-dealkylation sites (tertiary alicyclic amines) is 2. The van der Waals surface area contributed by atoms with Crippen molar-refractivity contribution in [2.24, 2.45) is 5.41 Å². The van der Waals surface area contributed by atoms with E-state index in [4.69, 9.17) is 0 Å². The van der Waals surface area contributed by atoms with E-state index in [0.29, 0.717) is 5.41 Å². The fourth-order valence-electron chi connectivity index (χ4n) is 3.11. The molecule has 0 aromatic rings. The second kappa shape index (κ2) is 4.06. The van der Waals surface area contributed by atoms with Crippen molar-refractivity contribution in [2.45, 2.75) is 52.6 Å². The molecular weight excluding hydrogens is 184 g/mol. The average molecular weight is 210 g/mol. The predicted molar refractivity (Wildman–Crippen MR) is 65.1 cm³/mol. The molecule has 2 fully saturated rings. The fraction of sp³-hybridized carbons (Fsp3) is 1.00. The van der Waals surface area contributed by atoms with Crippen molar-refractivity contribution >= 4 is 0 Å². The van der Waals surface area contributed by atoms with Gasteiger partial charge in [0, 0.05) is 43.7 Å². The highest BCUT2D eigenvalue weighted by Gasteiger charge is 2.52. The van der Waals surface area contributed by atoms with Crippen LogP contribution in [0, 0.1) is 5.41 Å². The molecule has 0 radical (unpaired) electrons. The number of rotatable bonds is 4. The minimum absolute atomic E-state index is 0.701. The molecule has 2 heterocycles. The summed E-state index contributed by atoms with van der Waals surface area (Å²) in [5.41, 5.74) is 0.701. The molecule has 0 aromatic carbocycles. The van der Waals surface area contributed by atoms with Gasteiger partial charge in [-0.2, -0.15) is 0 Å². The Hall–Kier alpha value is -0.0800. The zero-order valence-corrected chi connectivity index (χ0v) is 10.8. The van der Waals surface area contributed by atoms with Crippen molar-refractivity contribution in [3.63, 3.8) is 0 Å². The Morgan fingerprint density at radius 2 is 1.53 bits per heavy atom. The summed E-state index contributed by atoms with van der Waals surface area (Å²) in [4.78, 5) is 5.27. The fourth-order valence-corrected chi connectivity index (χ4v) is 3.11. The highest BCUT2D eigenvalue weighted by molar-refractivity contribution is 5.07. The maximum absolute atomic E-state index is 2.67. The van der Waals surface area contributed by atoms with E-state index in [0.717, 1.165) is 12.1 Å². The van der Waals surface area contributed by atoms with E-state index in [2.05, 4.69) is 37.5 Å². The van der Waals surface area contributed by atoms with E-state index in [9.17, 15) is 0 Å². The van der Waals surface area contributed by atoms with Crippen LogP contribution in [0.15, 0.2) is 0 Å². The van der Waals surface area contributed by atoms with Gasteiger partial charge in [-0.1, -0.05) is 13.3 Å². The Morgan fingerprint density at radius 1 is 1.00 bits per heavy atom. The molecule has 2 aliphatic rings. The lowest BCUT2D eigenvalue weighted by Gasteiger charge is -2.63. The third-order valence-electron chi connectivity index (χ3n) is 4.21. The Labute approximate surface area is 94.6 Å². The van der Waals surface area contributed by atoms with Crippen LogP contribution in [0.5, 0.6) is 0 Å². The summed E-state index contributed by atoms with van der Waals surface area (Å²) >= 11 is 0. The third-order valence-corrected chi connectivity index (χ3v) is 4.21. The molecule has 2 nitrogen and oxygen atoms in total.